The number of amides is 1. The molecule has 5 atom stereocenters. The van der Waals surface area contributed by atoms with E-state index in [4.69, 9.17) is 23.7 Å². The number of benzene rings is 1. The Morgan fingerprint density at radius 3 is 2.21 bits per heavy atom. The lowest BCUT2D eigenvalue weighted by Gasteiger charge is -2.36. The summed E-state index contributed by atoms with van der Waals surface area (Å²) < 4.78 is 68.8. The third-order valence-corrected chi connectivity index (χ3v) is 4.90. The predicted molar refractivity (Wildman–Crippen MR) is 92.6 cm³/mol. The number of rotatable bonds is 2. The highest BCUT2D eigenvalue weighted by Gasteiger charge is 2.62. The Morgan fingerprint density at radius 1 is 0.931 bits per heavy atom. The van der Waals surface area contributed by atoms with E-state index in [-0.39, 0.29) is 5.69 Å². The summed E-state index contributed by atoms with van der Waals surface area (Å²) in [6, 6.07) is 4.72. The lowest BCUT2D eigenvalue weighted by atomic mass is 9.98. The molecule has 0 unspecified atom stereocenters. The molecule has 3 aliphatic rings. The number of fused-ring (bicyclic) bond motifs is 3. The van der Waals surface area contributed by atoms with E-state index in [2.05, 4.69) is 5.32 Å². The molecule has 1 aromatic rings. The largest absolute Gasteiger partial charge is 0.418 e. The van der Waals surface area contributed by atoms with Crippen molar-refractivity contribution in [2.24, 2.45) is 0 Å². The van der Waals surface area contributed by atoms with Gasteiger partial charge in [-0.25, -0.2) is 0 Å². The number of anilines is 1. The lowest BCUT2D eigenvalue weighted by Crippen LogP contribution is -2.58. The maximum Gasteiger partial charge on any atom is 0.418 e. The van der Waals surface area contributed by atoms with Crippen molar-refractivity contribution in [2.75, 3.05) is 5.32 Å². The number of nitrogens with one attached hydrogen (secondary N) is 1. The van der Waals surface area contributed by atoms with Crippen LogP contribution in [0.2, 0.25) is 0 Å². The van der Waals surface area contributed by atoms with Crippen LogP contribution in [0.25, 0.3) is 0 Å². The van der Waals surface area contributed by atoms with E-state index >= 15 is 0 Å². The number of alkyl halides is 3. The van der Waals surface area contributed by atoms with Gasteiger partial charge in [0.2, 0.25) is 0 Å². The van der Waals surface area contributed by atoms with Gasteiger partial charge in [0.1, 0.15) is 18.3 Å². The lowest BCUT2D eigenvalue weighted by molar-refractivity contribution is -0.229. The first-order chi connectivity index (χ1) is 13.4. The summed E-state index contributed by atoms with van der Waals surface area (Å²) in [6.07, 6.45) is -8.98. The van der Waals surface area contributed by atoms with Crippen LogP contribution >= 0.6 is 0 Å². The van der Waals surface area contributed by atoms with Gasteiger partial charge in [-0.3, -0.25) is 4.79 Å². The zero-order valence-corrected chi connectivity index (χ0v) is 16.3. The molecule has 0 spiro atoms. The molecule has 0 bridgehead atoms. The minimum absolute atomic E-state index is 0.366. The van der Waals surface area contributed by atoms with Gasteiger partial charge in [-0.2, -0.15) is 13.2 Å². The quantitative estimate of drug-likeness (QED) is 0.797. The molecule has 0 aromatic heterocycles. The number of carbonyl (C=O) groups excluding carboxylic acids is 1. The molecule has 3 fully saturated rings. The van der Waals surface area contributed by atoms with Crippen molar-refractivity contribution in [1.29, 1.82) is 0 Å². The smallest absolute Gasteiger partial charge is 0.342 e. The van der Waals surface area contributed by atoms with Crippen LogP contribution in [0, 0.1) is 0 Å². The normalized spacial score (nSPS) is 35.1. The fraction of sp³-hybridized carbons (Fsp3) is 0.632. The Bertz CT molecular complexity index is 811. The molecule has 3 aliphatic heterocycles. The van der Waals surface area contributed by atoms with Crippen LogP contribution in [0.4, 0.5) is 18.9 Å². The van der Waals surface area contributed by atoms with Crippen molar-refractivity contribution < 1.29 is 41.7 Å². The molecule has 0 radical (unpaired) electrons. The molecule has 4 rings (SSSR count). The van der Waals surface area contributed by atoms with E-state index in [1.807, 2.05) is 0 Å². The number of hydrogen-bond acceptors (Lipinski definition) is 6. The van der Waals surface area contributed by atoms with E-state index in [9.17, 15) is 18.0 Å². The fourth-order valence-corrected chi connectivity index (χ4v) is 3.87. The molecular formula is C19H22F3NO6. The van der Waals surface area contributed by atoms with Gasteiger partial charge >= 0.3 is 6.18 Å². The Balaban J connectivity index is 1.60. The summed E-state index contributed by atoms with van der Waals surface area (Å²) in [5, 5.41) is 2.31. The highest BCUT2D eigenvalue weighted by molar-refractivity contribution is 5.95. The predicted octanol–water partition coefficient (Wildman–Crippen LogP) is 3.04. The number of halogens is 3. The number of hydrogen-bond donors (Lipinski definition) is 1. The van der Waals surface area contributed by atoms with E-state index < -0.39 is 59.9 Å². The summed E-state index contributed by atoms with van der Waals surface area (Å²) in [4.78, 5) is 12.9. The second-order valence-corrected chi connectivity index (χ2v) is 8.12. The third-order valence-electron chi connectivity index (χ3n) is 4.90. The minimum atomic E-state index is -4.62. The van der Waals surface area contributed by atoms with Crippen LogP contribution in [-0.4, -0.2) is 48.2 Å². The molecular weight excluding hydrogens is 395 g/mol. The average molecular weight is 417 g/mol. The minimum Gasteiger partial charge on any atom is -0.342 e. The van der Waals surface area contributed by atoms with Crippen LogP contribution in [0.5, 0.6) is 0 Å². The van der Waals surface area contributed by atoms with Gasteiger partial charge in [-0.1, -0.05) is 12.1 Å². The SMILES string of the molecule is CC1(C)O[C@@H]2O[C@H](C(=O)Nc3ccccc3C(F)(F)F)[C@@H]3OC(C)(C)O[C@H]3[C@@H]2O1. The van der Waals surface area contributed by atoms with Crippen LogP contribution in [0.3, 0.4) is 0 Å². The van der Waals surface area contributed by atoms with Gasteiger partial charge in [0, 0.05) is 0 Å². The molecule has 10 heteroatoms. The number of ether oxygens (including phenoxy) is 5. The first-order valence-corrected chi connectivity index (χ1v) is 9.20. The van der Waals surface area contributed by atoms with Gasteiger partial charge in [0.25, 0.3) is 5.91 Å². The van der Waals surface area contributed by atoms with Gasteiger partial charge in [-0.15, -0.1) is 0 Å². The van der Waals surface area contributed by atoms with Gasteiger partial charge in [0.15, 0.2) is 24.0 Å². The molecule has 160 valence electrons. The van der Waals surface area contributed by atoms with Crippen LogP contribution < -0.4 is 5.32 Å². The maximum absolute atomic E-state index is 13.3. The monoisotopic (exact) mass is 417 g/mol. The van der Waals surface area contributed by atoms with E-state index in [0.717, 1.165) is 6.07 Å². The topological polar surface area (TPSA) is 75.3 Å². The molecule has 1 amide bonds. The van der Waals surface area contributed by atoms with Gasteiger partial charge < -0.3 is 29.0 Å². The van der Waals surface area contributed by atoms with E-state index in [1.54, 1.807) is 27.7 Å². The molecule has 29 heavy (non-hydrogen) atoms. The molecule has 3 saturated heterocycles. The van der Waals surface area contributed by atoms with Crippen LogP contribution in [-0.2, 0) is 34.7 Å². The Morgan fingerprint density at radius 2 is 1.52 bits per heavy atom. The van der Waals surface area contributed by atoms with Crippen molar-refractivity contribution in [3.8, 4) is 0 Å². The van der Waals surface area contributed by atoms with Crippen molar-refractivity contribution >= 4 is 11.6 Å². The number of para-hydroxylation sites is 1. The summed E-state index contributed by atoms with van der Waals surface area (Å²) in [6.45, 7) is 6.74. The number of carbonyl (C=O) groups is 1. The second-order valence-electron chi connectivity index (χ2n) is 8.12. The summed E-state index contributed by atoms with van der Waals surface area (Å²) >= 11 is 0. The van der Waals surface area contributed by atoms with Gasteiger partial charge in [0.05, 0.1) is 11.3 Å². The summed E-state index contributed by atoms with van der Waals surface area (Å²) in [7, 11) is 0. The van der Waals surface area contributed by atoms with Crippen molar-refractivity contribution in [3.63, 3.8) is 0 Å². The van der Waals surface area contributed by atoms with Crippen molar-refractivity contribution in [2.45, 2.75) is 76.2 Å². The van der Waals surface area contributed by atoms with Crippen LogP contribution in [0.15, 0.2) is 24.3 Å². The molecule has 3 heterocycles. The maximum atomic E-state index is 13.3. The molecule has 0 aliphatic carbocycles. The van der Waals surface area contributed by atoms with Crippen LogP contribution in [0.1, 0.15) is 33.3 Å². The summed E-state index contributed by atoms with van der Waals surface area (Å²) in [5.41, 5.74) is -1.32. The Kier molecular flexibility index (Phi) is 4.71. The zero-order chi connectivity index (χ0) is 21.2. The van der Waals surface area contributed by atoms with E-state index in [0.29, 0.717) is 0 Å². The second kappa shape index (κ2) is 6.64. The fourth-order valence-electron chi connectivity index (χ4n) is 3.87. The standard InChI is InChI=1S/C19H22F3NO6/c1-17(2)26-11-12(27-17)14-16(29-18(3,4)28-14)25-13(11)15(24)23-10-8-6-5-7-9(10)19(20,21)22/h5-8,11-14,16H,1-4H3,(H,23,24)/t11-,12-,13+,14+,16+/m1/s1. The van der Waals surface area contributed by atoms with Crippen molar-refractivity contribution in [1.82, 2.24) is 0 Å². The first kappa shape index (κ1) is 20.5. The molecule has 1 N–H and O–H groups in total. The first-order valence-electron chi connectivity index (χ1n) is 9.20. The van der Waals surface area contributed by atoms with Gasteiger partial charge in [-0.05, 0) is 39.8 Å². The van der Waals surface area contributed by atoms with E-state index in [1.165, 1.54) is 18.2 Å². The molecule has 1 aromatic carbocycles. The average Bonchev–Trinajstić information content (AvgIpc) is 3.07. The molecule has 0 saturated carbocycles. The Hall–Kier alpha value is -1.72. The third kappa shape index (κ3) is 3.87. The van der Waals surface area contributed by atoms with Crippen molar-refractivity contribution in [3.05, 3.63) is 29.8 Å². The zero-order valence-electron chi connectivity index (χ0n) is 16.3. The Labute approximate surface area is 165 Å². The molecule has 7 nitrogen and oxygen atoms in total. The summed E-state index contributed by atoms with van der Waals surface area (Å²) in [5.74, 6) is -2.78. The highest BCUT2D eigenvalue weighted by Crippen LogP contribution is 2.44. The highest BCUT2D eigenvalue weighted by atomic mass is 19.4.